The third-order valence-electron chi connectivity index (χ3n) is 2.54. The first kappa shape index (κ1) is 12.8. The molecular weight excluding hydrogens is 292 g/mol. The number of anilines is 3. The van der Waals surface area contributed by atoms with Crippen LogP contribution >= 0.6 is 15.9 Å². The molecule has 0 fully saturated rings. The number of benzene rings is 1. The van der Waals surface area contributed by atoms with Crippen molar-refractivity contribution in [2.24, 2.45) is 0 Å². The second kappa shape index (κ2) is 5.35. The highest BCUT2D eigenvalue weighted by Crippen LogP contribution is 2.24. The first-order valence-electron chi connectivity index (χ1n) is 5.65. The molecule has 0 aliphatic heterocycles. The number of halogens is 1. The van der Waals surface area contributed by atoms with E-state index in [0.717, 1.165) is 21.7 Å². The predicted octanol–water partition coefficient (Wildman–Crippen LogP) is 3.64. The topological polar surface area (TPSA) is 49.8 Å². The molecule has 2 N–H and O–H groups in total. The van der Waals surface area contributed by atoms with Gasteiger partial charge in [0.2, 0.25) is 5.95 Å². The summed E-state index contributed by atoms with van der Waals surface area (Å²) < 4.78 is 1.04. The molecule has 1 heterocycles. The Labute approximate surface area is 115 Å². The van der Waals surface area contributed by atoms with Crippen LogP contribution in [0.4, 0.5) is 17.5 Å². The molecule has 94 valence electrons. The van der Waals surface area contributed by atoms with Crippen molar-refractivity contribution in [3.63, 3.8) is 0 Å². The third-order valence-corrected chi connectivity index (χ3v) is 3.03. The van der Waals surface area contributed by atoms with E-state index in [-0.39, 0.29) is 0 Å². The van der Waals surface area contributed by atoms with Crippen LogP contribution in [-0.2, 0) is 0 Å². The number of nitrogens with one attached hydrogen (secondary N) is 2. The molecule has 2 aromatic rings. The minimum atomic E-state index is 0.616. The van der Waals surface area contributed by atoms with Gasteiger partial charge >= 0.3 is 0 Å². The summed E-state index contributed by atoms with van der Waals surface area (Å²) in [6.45, 7) is 4.00. The normalized spacial score (nSPS) is 10.2. The Bertz CT molecular complexity index is 569. The molecule has 0 bridgehead atoms. The standard InChI is InChI=1S/C13H15BrN4/c1-8-4-5-10(14)7-11(8)17-12-6-9(2)16-13(15-3)18-12/h4-7H,1-3H3,(H2,15,16,17,18). The zero-order chi connectivity index (χ0) is 13.1. The van der Waals surface area contributed by atoms with Gasteiger partial charge in [0.1, 0.15) is 5.82 Å². The average molecular weight is 307 g/mol. The van der Waals surface area contributed by atoms with E-state index in [1.807, 2.05) is 32.2 Å². The lowest BCUT2D eigenvalue weighted by Crippen LogP contribution is -2.02. The molecule has 4 nitrogen and oxygen atoms in total. The molecule has 0 spiro atoms. The number of hydrogen-bond donors (Lipinski definition) is 2. The van der Waals surface area contributed by atoms with E-state index in [9.17, 15) is 0 Å². The van der Waals surface area contributed by atoms with Gasteiger partial charge in [0.05, 0.1) is 0 Å². The smallest absolute Gasteiger partial charge is 0.224 e. The van der Waals surface area contributed by atoms with E-state index in [0.29, 0.717) is 5.95 Å². The van der Waals surface area contributed by atoms with Gasteiger partial charge in [-0.2, -0.15) is 4.98 Å². The fraction of sp³-hybridized carbons (Fsp3) is 0.231. The molecule has 0 aliphatic rings. The Morgan fingerprint density at radius 3 is 2.61 bits per heavy atom. The van der Waals surface area contributed by atoms with E-state index in [1.165, 1.54) is 5.56 Å². The monoisotopic (exact) mass is 306 g/mol. The van der Waals surface area contributed by atoms with Crippen molar-refractivity contribution < 1.29 is 0 Å². The van der Waals surface area contributed by atoms with Gasteiger partial charge in [0.15, 0.2) is 0 Å². The van der Waals surface area contributed by atoms with Gasteiger partial charge in [-0.3, -0.25) is 0 Å². The molecule has 5 heteroatoms. The summed E-state index contributed by atoms with van der Waals surface area (Å²) >= 11 is 3.47. The van der Waals surface area contributed by atoms with Crippen LogP contribution < -0.4 is 10.6 Å². The van der Waals surface area contributed by atoms with Gasteiger partial charge in [-0.1, -0.05) is 22.0 Å². The fourth-order valence-corrected chi connectivity index (χ4v) is 1.97. The number of aromatic nitrogens is 2. The van der Waals surface area contributed by atoms with Gasteiger partial charge in [0, 0.05) is 29.0 Å². The molecule has 0 amide bonds. The summed E-state index contributed by atoms with van der Waals surface area (Å²) in [6, 6.07) is 8.03. The lowest BCUT2D eigenvalue weighted by atomic mass is 10.2. The maximum absolute atomic E-state index is 4.37. The molecule has 0 aliphatic carbocycles. The van der Waals surface area contributed by atoms with E-state index in [4.69, 9.17) is 0 Å². The highest BCUT2D eigenvalue weighted by Gasteiger charge is 2.04. The summed E-state index contributed by atoms with van der Waals surface area (Å²) in [4.78, 5) is 8.63. The molecule has 18 heavy (non-hydrogen) atoms. The van der Waals surface area contributed by atoms with Crippen LogP contribution in [0.1, 0.15) is 11.3 Å². The molecule has 0 unspecified atom stereocenters. The van der Waals surface area contributed by atoms with Crippen molar-refractivity contribution in [1.82, 2.24) is 9.97 Å². The Morgan fingerprint density at radius 2 is 1.89 bits per heavy atom. The van der Waals surface area contributed by atoms with E-state index >= 15 is 0 Å². The molecule has 2 rings (SSSR count). The van der Waals surface area contributed by atoms with Gasteiger partial charge in [-0.05, 0) is 31.5 Å². The third kappa shape index (κ3) is 2.98. The Balaban J connectivity index is 2.33. The van der Waals surface area contributed by atoms with E-state index in [1.54, 1.807) is 0 Å². The van der Waals surface area contributed by atoms with Gasteiger partial charge in [-0.25, -0.2) is 4.98 Å². The van der Waals surface area contributed by atoms with Crippen molar-refractivity contribution in [1.29, 1.82) is 0 Å². The summed E-state index contributed by atoms with van der Waals surface area (Å²) in [5.41, 5.74) is 3.12. The van der Waals surface area contributed by atoms with Gasteiger partial charge in [0.25, 0.3) is 0 Å². The van der Waals surface area contributed by atoms with Crippen LogP contribution in [-0.4, -0.2) is 17.0 Å². The molecular formula is C13H15BrN4. The Kier molecular flexibility index (Phi) is 3.81. The van der Waals surface area contributed by atoms with Gasteiger partial charge in [-0.15, -0.1) is 0 Å². The van der Waals surface area contributed by atoms with Crippen molar-refractivity contribution in [2.45, 2.75) is 13.8 Å². The second-order valence-electron chi connectivity index (χ2n) is 4.05. The summed E-state index contributed by atoms with van der Waals surface area (Å²) in [7, 11) is 1.81. The van der Waals surface area contributed by atoms with E-state index < -0.39 is 0 Å². The maximum atomic E-state index is 4.37. The average Bonchev–Trinajstić information content (AvgIpc) is 2.33. The molecule has 0 saturated heterocycles. The van der Waals surface area contributed by atoms with Crippen LogP contribution in [0.5, 0.6) is 0 Å². The predicted molar refractivity (Wildman–Crippen MR) is 78.5 cm³/mol. The van der Waals surface area contributed by atoms with Gasteiger partial charge < -0.3 is 10.6 Å². The lowest BCUT2D eigenvalue weighted by molar-refractivity contribution is 1.10. The van der Waals surface area contributed by atoms with Crippen LogP contribution in [0.25, 0.3) is 0 Å². The SMILES string of the molecule is CNc1nc(C)cc(Nc2cc(Br)ccc2C)n1. The Morgan fingerprint density at radius 1 is 1.11 bits per heavy atom. The van der Waals surface area contributed by atoms with Crippen LogP contribution in [0.2, 0.25) is 0 Å². The van der Waals surface area contributed by atoms with Crippen LogP contribution in [0.15, 0.2) is 28.7 Å². The van der Waals surface area contributed by atoms with Crippen molar-refractivity contribution in [3.8, 4) is 0 Å². The molecule has 0 saturated carbocycles. The Hall–Kier alpha value is -1.62. The number of hydrogen-bond acceptors (Lipinski definition) is 4. The first-order chi connectivity index (χ1) is 8.58. The fourth-order valence-electron chi connectivity index (χ4n) is 1.61. The minimum absolute atomic E-state index is 0.616. The highest BCUT2D eigenvalue weighted by molar-refractivity contribution is 9.10. The minimum Gasteiger partial charge on any atom is -0.357 e. The number of rotatable bonds is 3. The van der Waals surface area contributed by atoms with Crippen molar-refractivity contribution in [3.05, 3.63) is 40.0 Å². The number of nitrogens with zero attached hydrogens (tertiary/aromatic N) is 2. The lowest BCUT2D eigenvalue weighted by Gasteiger charge is -2.11. The van der Waals surface area contributed by atoms with Crippen molar-refractivity contribution >= 4 is 33.4 Å². The van der Waals surface area contributed by atoms with Crippen molar-refractivity contribution in [2.75, 3.05) is 17.7 Å². The summed E-state index contributed by atoms with van der Waals surface area (Å²) in [6.07, 6.45) is 0. The summed E-state index contributed by atoms with van der Waals surface area (Å²) in [5.74, 6) is 1.40. The first-order valence-corrected chi connectivity index (χ1v) is 6.44. The zero-order valence-electron chi connectivity index (χ0n) is 10.6. The summed E-state index contributed by atoms with van der Waals surface area (Å²) in [5, 5.41) is 6.26. The molecule has 0 atom stereocenters. The van der Waals surface area contributed by atoms with Crippen LogP contribution in [0.3, 0.4) is 0 Å². The number of aryl methyl sites for hydroxylation is 2. The maximum Gasteiger partial charge on any atom is 0.224 e. The van der Waals surface area contributed by atoms with Crippen LogP contribution in [0, 0.1) is 13.8 Å². The zero-order valence-corrected chi connectivity index (χ0v) is 12.2. The molecule has 1 aromatic heterocycles. The highest BCUT2D eigenvalue weighted by atomic mass is 79.9. The quantitative estimate of drug-likeness (QED) is 0.909. The second-order valence-corrected chi connectivity index (χ2v) is 4.97. The molecule has 0 radical (unpaired) electrons. The van der Waals surface area contributed by atoms with E-state index in [2.05, 4.69) is 49.5 Å². The largest absolute Gasteiger partial charge is 0.357 e. The molecule has 1 aromatic carbocycles.